The average Bonchev–Trinajstić information content (AvgIpc) is 3.01. The molecule has 0 atom stereocenters. The van der Waals surface area contributed by atoms with Gasteiger partial charge >= 0.3 is 0 Å². The molecular weight excluding hydrogens is 442 g/mol. The first-order valence-corrected chi connectivity index (χ1v) is 11.6. The summed E-state index contributed by atoms with van der Waals surface area (Å²) in [6.45, 7) is 6.58. The number of rotatable bonds is 6. The third kappa shape index (κ3) is 4.47. The molecule has 3 heterocycles. The second-order valence-electron chi connectivity index (χ2n) is 7.68. The fraction of sp³-hybridized carbons (Fsp3) is 0.250. The minimum Gasteiger partial charge on any atom is -0.438 e. The minimum absolute atomic E-state index is 0.157. The van der Waals surface area contributed by atoms with E-state index >= 15 is 0 Å². The van der Waals surface area contributed by atoms with Crippen LogP contribution in [0.15, 0.2) is 52.3 Å². The van der Waals surface area contributed by atoms with E-state index in [0.29, 0.717) is 27.2 Å². The van der Waals surface area contributed by atoms with E-state index in [-0.39, 0.29) is 22.9 Å². The average molecular weight is 466 g/mol. The van der Waals surface area contributed by atoms with Gasteiger partial charge in [0.1, 0.15) is 21.3 Å². The van der Waals surface area contributed by atoms with Crippen LogP contribution in [0.3, 0.4) is 0 Å². The summed E-state index contributed by atoms with van der Waals surface area (Å²) < 4.78 is 8.03. The Morgan fingerprint density at radius 3 is 2.62 bits per heavy atom. The molecule has 32 heavy (non-hydrogen) atoms. The highest BCUT2D eigenvalue weighted by Crippen LogP contribution is 2.34. The van der Waals surface area contributed by atoms with E-state index in [4.69, 9.17) is 17.0 Å². The summed E-state index contributed by atoms with van der Waals surface area (Å²) in [6.07, 6.45) is 5.02. The quantitative estimate of drug-likeness (QED) is 0.373. The number of amides is 1. The number of thioether (sulfide) groups is 1. The van der Waals surface area contributed by atoms with Crippen LogP contribution in [0.4, 0.5) is 0 Å². The van der Waals surface area contributed by atoms with Gasteiger partial charge in [-0.1, -0.05) is 49.5 Å². The summed E-state index contributed by atoms with van der Waals surface area (Å²) in [4.78, 5) is 32.8. The Kier molecular flexibility index (Phi) is 6.43. The van der Waals surface area contributed by atoms with Crippen molar-refractivity contribution in [2.75, 3.05) is 6.54 Å². The predicted molar refractivity (Wildman–Crippen MR) is 132 cm³/mol. The van der Waals surface area contributed by atoms with Crippen molar-refractivity contribution in [2.45, 2.75) is 33.6 Å². The predicted octanol–water partition coefficient (Wildman–Crippen LogP) is 5.10. The number of ether oxygens (including phenoxy) is 1. The van der Waals surface area contributed by atoms with Gasteiger partial charge in [-0.05, 0) is 61.7 Å². The molecule has 4 rings (SSSR count). The zero-order valence-electron chi connectivity index (χ0n) is 18.1. The number of aryl methyl sites for hydroxylation is 2. The number of benzene rings is 1. The number of unbranched alkanes of at least 4 members (excludes halogenated alkanes) is 1. The number of carbonyl (C=O) groups is 1. The van der Waals surface area contributed by atoms with Crippen molar-refractivity contribution >= 4 is 45.9 Å². The van der Waals surface area contributed by atoms with Crippen molar-refractivity contribution in [1.82, 2.24) is 14.3 Å². The molecule has 1 aromatic carbocycles. The molecule has 1 fully saturated rings. The highest BCUT2D eigenvalue weighted by Gasteiger charge is 2.32. The largest absolute Gasteiger partial charge is 0.438 e. The van der Waals surface area contributed by atoms with Gasteiger partial charge in [0.05, 0.1) is 4.91 Å². The maximum atomic E-state index is 13.3. The van der Waals surface area contributed by atoms with Gasteiger partial charge in [0.25, 0.3) is 11.5 Å². The molecule has 6 nitrogen and oxygen atoms in total. The lowest BCUT2D eigenvalue weighted by Crippen LogP contribution is -2.29. The summed E-state index contributed by atoms with van der Waals surface area (Å²) in [6, 6.07) is 11.1. The number of carbonyl (C=O) groups excluding carboxylic acids is 1. The summed E-state index contributed by atoms with van der Waals surface area (Å²) in [5.74, 6) is 0.549. The van der Waals surface area contributed by atoms with Crippen molar-refractivity contribution in [3.8, 4) is 11.6 Å². The van der Waals surface area contributed by atoms with Crippen LogP contribution in [-0.2, 0) is 4.79 Å². The highest BCUT2D eigenvalue weighted by molar-refractivity contribution is 8.26. The molecule has 1 aliphatic heterocycles. The van der Waals surface area contributed by atoms with Gasteiger partial charge in [-0.2, -0.15) is 4.98 Å². The summed E-state index contributed by atoms with van der Waals surface area (Å²) >= 11 is 6.60. The first-order chi connectivity index (χ1) is 15.4. The lowest BCUT2D eigenvalue weighted by atomic mass is 10.1. The van der Waals surface area contributed by atoms with Gasteiger partial charge in [-0.25, -0.2) is 0 Å². The van der Waals surface area contributed by atoms with Gasteiger partial charge < -0.3 is 4.74 Å². The third-order valence-electron chi connectivity index (χ3n) is 5.03. The first-order valence-electron chi connectivity index (χ1n) is 10.4. The molecule has 1 saturated heterocycles. The van der Waals surface area contributed by atoms with E-state index in [1.54, 1.807) is 35.4 Å². The number of fused-ring (bicyclic) bond motifs is 1. The number of pyridine rings is 1. The highest BCUT2D eigenvalue weighted by atomic mass is 32.2. The third-order valence-corrected chi connectivity index (χ3v) is 6.41. The summed E-state index contributed by atoms with van der Waals surface area (Å²) in [5, 5.41) is 0. The Bertz CT molecular complexity index is 1290. The normalized spacial score (nSPS) is 15.2. The number of thiocarbonyl (C=S) groups is 1. The van der Waals surface area contributed by atoms with E-state index in [1.807, 2.05) is 32.0 Å². The second-order valence-corrected chi connectivity index (χ2v) is 9.35. The minimum atomic E-state index is -0.311. The zero-order valence-corrected chi connectivity index (χ0v) is 19.8. The molecule has 0 aliphatic carbocycles. The zero-order chi connectivity index (χ0) is 22.8. The Hall–Kier alpha value is -2.97. The molecule has 0 spiro atoms. The van der Waals surface area contributed by atoms with Crippen LogP contribution in [0.5, 0.6) is 11.6 Å². The molecule has 1 aliphatic rings. The van der Waals surface area contributed by atoms with Crippen LogP contribution in [0.25, 0.3) is 11.7 Å². The van der Waals surface area contributed by atoms with E-state index in [0.717, 1.165) is 24.0 Å². The number of hydrogen-bond donors (Lipinski definition) is 0. The molecule has 0 N–H and O–H groups in total. The van der Waals surface area contributed by atoms with Crippen molar-refractivity contribution in [3.63, 3.8) is 0 Å². The molecule has 8 heteroatoms. The summed E-state index contributed by atoms with van der Waals surface area (Å²) in [7, 11) is 0. The Morgan fingerprint density at radius 2 is 1.91 bits per heavy atom. The molecule has 2 aromatic heterocycles. The van der Waals surface area contributed by atoms with Crippen LogP contribution >= 0.6 is 24.0 Å². The Balaban J connectivity index is 1.82. The Labute approximate surface area is 195 Å². The number of hydrogen-bond acceptors (Lipinski definition) is 6. The lowest BCUT2D eigenvalue weighted by molar-refractivity contribution is -0.122. The maximum Gasteiger partial charge on any atom is 0.269 e. The SMILES string of the molecule is CCCCN1C(=O)/C(=C\c2c(Oc3cc(C)cc(C)c3)nc3ccccn3c2=O)SC1=S. The Morgan fingerprint density at radius 1 is 1.16 bits per heavy atom. The molecule has 0 saturated carbocycles. The second kappa shape index (κ2) is 9.26. The van der Waals surface area contributed by atoms with Gasteiger partial charge in [-0.15, -0.1) is 0 Å². The van der Waals surface area contributed by atoms with Gasteiger partial charge in [0.15, 0.2) is 0 Å². The van der Waals surface area contributed by atoms with Crippen LogP contribution in [0.1, 0.15) is 36.5 Å². The van der Waals surface area contributed by atoms with Crippen LogP contribution in [-0.4, -0.2) is 31.1 Å². The van der Waals surface area contributed by atoms with Crippen molar-refractivity contribution in [2.24, 2.45) is 0 Å². The van der Waals surface area contributed by atoms with Gasteiger partial charge in [-0.3, -0.25) is 18.9 Å². The van der Waals surface area contributed by atoms with E-state index in [1.165, 1.54) is 16.2 Å². The van der Waals surface area contributed by atoms with Crippen LogP contribution in [0, 0.1) is 13.8 Å². The van der Waals surface area contributed by atoms with E-state index in [9.17, 15) is 9.59 Å². The maximum absolute atomic E-state index is 13.3. The molecular formula is C24H23N3O3S2. The number of nitrogens with zero attached hydrogens (tertiary/aromatic N) is 3. The molecule has 0 radical (unpaired) electrons. The van der Waals surface area contributed by atoms with Crippen LogP contribution in [0.2, 0.25) is 0 Å². The standard InChI is InChI=1S/C24H23N3O3S2/c1-4-5-9-27-23(29)19(32-24(27)31)14-18-21(30-17-12-15(2)11-16(3)13-17)25-20-8-6-7-10-26(20)22(18)28/h6-8,10-14H,4-5,9H2,1-3H3/b19-14+. The fourth-order valence-electron chi connectivity index (χ4n) is 3.53. The smallest absolute Gasteiger partial charge is 0.269 e. The lowest BCUT2D eigenvalue weighted by Gasteiger charge is -2.13. The van der Waals surface area contributed by atoms with Crippen LogP contribution < -0.4 is 10.3 Å². The molecule has 0 bridgehead atoms. The van der Waals surface area contributed by atoms with Crippen molar-refractivity contribution in [1.29, 1.82) is 0 Å². The topological polar surface area (TPSA) is 63.9 Å². The molecule has 0 unspecified atom stereocenters. The van der Waals surface area contributed by atoms with Gasteiger partial charge in [0.2, 0.25) is 5.88 Å². The van der Waals surface area contributed by atoms with E-state index in [2.05, 4.69) is 11.9 Å². The molecule has 164 valence electrons. The van der Waals surface area contributed by atoms with Gasteiger partial charge in [0, 0.05) is 12.7 Å². The monoisotopic (exact) mass is 465 g/mol. The fourth-order valence-corrected chi connectivity index (χ4v) is 4.82. The van der Waals surface area contributed by atoms with E-state index < -0.39 is 0 Å². The van der Waals surface area contributed by atoms with Crippen molar-refractivity contribution in [3.05, 3.63) is 74.5 Å². The van der Waals surface area contributed by atoms with Crippen molar-refractivity contribution < 1.29 is 9.53 Å². The molecule has 3 aromatic rings. The summed E-state index contributed by atoms with van der Waals surface area (Å²) in [5.41, 5.74) is 2.44. The molecule has 1 amide bonds. The number of aromatic nitrogens is 2. The first kappa shape index (κ1) is 22.2.